The average Bonchev–Trinajstić information content (AvgIpc) is 2.88. The molecule has 0 bridgehead atoms. The molecule has 0 aromatic rings. The van der Waals surface area contributed by atoms with E-state index in [1.165, 1.54) is 28.4 Å². The van der Waals surface area contributed by atoms with E-state index < -0.39 is 40.5 Å². The number of thiol groups is 1. The molecule has 0 aliphatic rings. The summed E-state index contributed by atoms with van der Waals surface area (Å²) in [6.45, 7) is 7.83. The summed E-state index contributed by atoms with van der Waals surface area (Å²) in [5.74, 6) is -2.08. The van der Waals surface area contributed by atoms with Gasteiger partial charge in [-0.2, -0.15) is 0 Å². The maximum absolute atomic E-state index is 11.8. The fourth-order valence-corrected chi connectivity index (χ4v) is 5.69. The third-order valence-corrected chi connectivity index (χ3v) is 12.0. The van der Waals surface area contributed by atoms with Crippen LogP contribution in [-0.2, 0) is 79.8 Å². The summed E-state index contributed by atoms with van der Waals surface area (Å²) in [7, 11) is 5.78. The lowest BCUT2D eigenvalue weighted by atomic mass is 10.3. The molecule has 0 aromatic carbocycles. The summed E-state index contributed by atoms with van der Waals surface area (Å²) in [6, 6.07) is 0. The van der Waals surface area contributed by atoms with Crippen molar-refractivity contribution >= 4 is 82.5 Å². The van der Waals surface area contributed by atoms with Crippen LogP contribution >= 0.6 is 35.0 Å². The van der Waals surface area contributed by atoms with Crippen molar-refractivity contribution in [2.24, 2.45) is 0 Å². The fraction of sp³-hybridized carbons (Fsp3) is 0.700. The van der Waals surface area contributed by atoms with Gasteiger partial charge in [-0.1, -0.05) is 23.6 Å². The second-order valence-electron chi connectivity index (χ2n) is 5.84. The van der Waals surface area contributed by atoms with Gasteiger partial charge in [0.2, 0.25) is 11.4 Å². The van der Waals surface area contributed by atoms with Crippen molar-refractivity contribution in [3.63, 3.8) is 0 Å². The van der Waals surface area contributed by atoms with Crippen molar-refractivity contribution in [2.75, 3.05) is 54.9 Å². The molecule has 18 heteroatoms. The number of carbonyl (C=O) groups excluding carboxylic acids is 4. The minimum atomic E-state index is -2.65. The standard InChI is InChI=1S/C10H19O6PS2.C8H12O4.C2H7O2PS2/c1-5-15-9(11)7-8(10(12)16-6-2)19-17(18,13-3)14-4;1-3-11-7(9)5-6-8(10)12-4-2;1-3-5(6,7)4-2/h8H,5-7H2,1-4H3;5-6H,3-4H2,1-2H3;1-2H3,(H,6,7)/b;6-5-;. The third-order valence-electron chi connectivity index (χ3n) is 3.30. The van der Waals surface area contributed by atoms with Gasteiger partial charge in [-0.3, -0.25) is 9.59 Å². The number of hydrogen-bond donors (Lipinski definition) is 1. The van der Waals surface area contributed by atoms with Gasteiger partial charge in [0.15, 0.2) is 0 Å². The summed E-state index contributed by atoms with van der Waals surface area (Å²) in [4.78, 5) is 44.6. The molecule has 0 fully saturated rings. The van der Waals surface area contributed by atoms with Gasteiger partial charge in [0.05, 0.1) is 32.8 Å². The van der Waals surface area contributed by atoms with Gasteiger partial charge in [0.25, 0.3) is 0 Å². The van der Waals surface area contributed by atoms with Crippen molar-refractivity contribution < 1.29 is 56.2 Å². The minimum absolute atomic E-state index is 0.123. The quantitative estimate of drug-likeness (QED) is 0.0880. The van der Waals surface area contributed by atoms with Crippen LogP contribution in [0.5, 0.6) is 0 Å². The van der Waals surface area contributed by atoms with Gasteiger partial charge in [0.1, 0.15) is 5.25 Å². The lowest BCUT2D eigenvalue weighted by Crippen LogP contribution is -2.24. The first-order chi connectivity index (χ1) is 17.7. The zero-order valence-corrected chi connectivity index (χ0v) is 27.9. The van der Waals surface area contributed by atoms with E-state index in [2.05, 4.69) is 42.6 Å². The Morgan fingerprint density at radius 2 is 1.13 bits per heavy atom. The van der Waals surface area contributed by atoms with E-state index in [4.69, 9.17) is 30.3 Å². The molecule has 0 saturated heterocycles. The van der Waals surface area contributed by atoms with E-state index in [0.717, 1.165) is 23.5 Å². The topological polar surface area (TPSA) is 142 Å². The zero-order valence-electron chi connectivity index (χ0n) is 22.7. The Hall–Kier alpha value is -0.540. The maximum atomic E-state index is 11.8. The molecule has 12 nitrogen and oxygen atoms in total. The van der Waals surface area contributed by atoms with Gasteiger partial charge in [0, 0.05) is 40.6 Å². The van der Waals surface area contributed by atoms with E-state index >= 15 is 0 Å². The Kier molecular flexibility index (Phi) is 28.1. The van der Waals surface area contributed by atoms with Gasteiger partial charge >= 0.3 is 23.9 Å². The average molecular weight is 661 g/mol. The summed E-state index contributed by atoms with van der Waals surface area (Å²) in [5.41, 5.74) is -4.78. The molecule has 0 radical (unpaired) electrons. The van der Waals surface area contributed by atoms with Crippen LogP contribution < -0.4 is 0 Å². The Morgan fingerprint density at radius 1 is 0.737 bits per heavy atom. The maximum Gasteiger partial charge on any atom is 0.330 e. The molecule has 224 valence electrons. The molecular weight excluding hydrogens is 622 g/mol. The highest BCUT2D eigenvalue weighted by Crippen LogP contribution is 2.62. The second kappa shape index (κ2) is 25.4. The molecule has 0 heterocycles. The molecule has 1 unspecified atom stereocenters. The molecule has 38 heavy (non-hydrogen) atoms. The smallest absolute Gasteiger partial charge is 0.330 e. The van der Waals surface area contributed by atoms with Crippen LogP contribution in [0.15, 0.2) is 12.2 Å². The molecule has 0 N–H and O–H groups in total. The predicted molar refractivity (Wildman–Crippen MR) is 157 cm³/mol. The Bertz CT molecular complexity index is 790. The van der Waals surface area contributed by atoms with Gasteiger partial charge in [-0.25, -0.2) is 9.59 Å². The van der Waals surface area contributed by atoms with Crippen molar-refractivity contribution in [3.05, 3.63) is 12.2 Å². The van der Waals surface area contributed by atoms with Crippen molar-refractivity contribution in [1.82, 2.24) is 0 Å². The number of hydrogen-bond acceptors (Lipinski definition) is 15. The molecule has 0 spiro atoms. The highest BCUT2D eigenvalue weighted by Gasteiger charge is 2.32. The molecule has 1 atom stereocenters. The van der Waals surface area contributed by atoms with Gasteiger partial charge in [-0.05, 0) is 51.3 Å². The second-order valence-corrected chi connectivity index (χ2v) is 18.0. The predicted octanol–water partition coefficient (Wildman–Crippen LogP) is 4.22. The normalized spacial score (nSPS) is 11.7. The molecule has 0 rings (SSSR count). The first-order valence-electron chi connectivity index (χ1n) is 10.9. The Morgan fingerprint density at radius 3 is 1.42 bits per heavy atom. The lowest BCUT2D eigenvalue weighted by Gasteiger charge is -2.21. The largest absolute Gasteiger partial charge is 0.466 e. The van der Waals surface area contributed by atoms with Crippen LogP contribution in [0.1, 0.15) is 34.1 Å². The molecule has 0 aromatic heterocycles. The van der Waals surface area contributed by atoms with Crippen molar-refractivity contribution in [2.45, 2.75) is 39.4 Å². The Labute approximate surface area is 244 Å². The number of rotatable bonds is 15. The van der Waals surface area contributed by atoms with Crippen molar-refractivity contribution in [3.8, 4) is 0 Å². The van der Waals surface area contributed by atoms with E-state index in [1.54, 1.807) is 27.7 Å². The highest BCUT2D eigenvalue weighted by atomic mass is 32.9. The van der Waals surface area contributed by atoms with E-state index in [9.17, 15) is 19.2 Å². The lowest BCUT2D eigenvalue weighted by molar-refractivity contribution is -0.149. The van der Waals surface area contributed by atoms with Crippen LogP contribution in [0.25, 0.3) is 0 Å². The SMILES string of the molecule is CCOC(=O)/C=C\C(=O)OCC.CCOC(=O)CC(SP(=S)(OC)OC)C(=O)OCC.COP(=S)(S)OC. The Balaban J connectivity index is -0.000000547. The zero-order chi connectivity index (χ0) is 30.2. The molecule has 0 aliphatic carbocycles. The summed E-state index contributed by atoms with van der Waals surface area (Å²) >= 11 is 14.7. The number of ether oxygens (including phenoxy) is 4. The van der Waals surface area contributed by atoms with E-state index in [1.807, 2.05) is 0 Å². The monoisotopic (exact) mass is 660 g/mol. The molecule has 0 aliphatic heterocycles. The van der Waals surface area contributed by atoms with E-state index in [-0.39, 0.29) is 19.6 Å². The molecule has 0 amide bonds. The minimum Gasteiger partial charge on any atom is -0.466 e. The fourth-order valence-electron chi connectivity index (χ4n) is 1.68. The van der Waals surface area contributed by atoms with Crippen LogP contribution in [0.3, 0.4) is 0 Å². The van der Waals surface area contributed by atoms with Crippen LogP contribution in [0, 0.1) is 0 Å². The molecular formula is C20H38O12P2S4. The third kappa shape index (κ3) is 24.5. The van der Waals surface area contributed by atoms with Crippen LogP contribution in [0.2, 0.25) is 0 Å². The van der Waals surface area contributed by atoms with E-state index in [0.29, 0.717) is 13.2 Å². The van der Waals surface area contributed by atoms with Crippen molar-refractivity contribution in [1.29, 1.82) is 0 Å². The summed E-state index contributed by atoms with van der Waals surface area (Å²) in [6.07, 6.45) is 1.96. The summed E-state index contributed by atoms with van der Waals surface area (Å²) in [5, 5.41) is -0.787. The molecule has 0 saturated carbocycles. The number of carbonyl (C=O) groups is 4. The number of esters is 4. The van der Waals surface area contributed by atoms with Crippen LogP contribution in [0.4, 0.5) is 0 Å². The van der Waals surface area contributed by atoms with Gasteiger partial charge in [-0.15, -0.1) is 0 Å². The summed E-state index contributed by atoms with van der Waals surface area (Å²) < 4.78 is 38.3. The first-order valence-corrected chi connectivity index (χ1v) is 18.8. The van der Waals surface area contributed by atoms with Gasteiger partial charge < -0.3 is 37.0 Å². The van der Waals surface area contributed by atoms with Crippen LogP contribution in [-0.4, -0.2) is 84.0 Å². The highest BCUT2D eigenvalue weighted by molar-refractivity contribution is 8.68. The first kappa shape index (κ1) is 41.9.